The zero-order valence-electron chi connectivity index (χ0n) is 7.93. The first-order valence-corrected chi connectivity index (χ1v) is 5.31. The van der Waals surface area contributed by atoms with Crippen molar-refractivity contribution in [3.05, 3.63) is 0 Å². The van der Waals surface area contributed by atoms with Gasteiger partial charge in [-0.15, -0.1) is 0 Å². The van der Waals surface area contributed by atoms with Crippen molar-refractivity contribution in [3.63, 3.8) is 0 Å². The standard InChI is InChI=1S/C7H14O5S2/c1-6(9,10)14-7(2,11)12-5(8)3-4-13/h9-11,13H,3-4H2,1-2H3. The number of thioether (sulfide) groups is 1. The SMILES string of the molecule is CC(O)(O)SC(C)(O)OC(=O)CCS. The molecule has 0 aromatic heterocycles. The van der Waals surface area contributed by atoms with Gasteiger partial charge in [-0.05, 0) is 11.8 Å². The minimum absolute atomic E-state index is 0.0490. The second-order valence-electron chi connectivity index (χ2n) is 2.88. The highest BCUT2D eigenvalue weighted by molar-refractivity contribution is 8.01. The molecule has 0 saturated carbocycles. The molecule has 3 N–H and O–H groups in total. The van der Waals surface area contributed by atoms with E-state index in [2.05, 4.69) is 17.4 Å². The maximum absolute atomic E-state index is 10.9. The maximum Gasteiger partial charge on any atom is 0.309 e. The Bertz CT molecular complexity index is 199. The fourth-order valence-corrected chi connectivity index (χ4v) is 1.77. The summed E-state index contributed by atoms with van der Waals surface area (Å²) in [6, 6.07) is 0. The summed E-state index contributed by atoms with van der Waals surface area (Å²) in [7, 11) is 0. The van der Waals surface area contributed by atoms with Crippen molar-refractivity contribution in [2.45, 2.75) is 30.5 Å². The van der Waals surface area contributed by atoms with Gasteiger partial charge in [0.1, 0.15) is 0 Å². The molecule has 0 rings (SSSR count). The minimum atomic E-state index is -2.16. The number of rotatable bonds is 5. The van der Waals surface area contributed by atoms with Crippen LogP contribution >= 0.6 is 24.4 Å². The van der Waals surface area contributed by atoms with E-state index in [9.17, 15) is 9.90 Å². The molecule has 0 radical (unpaired) electrons. The molecule has 0 fully saturated rings. The Morgan fingerprint density at radius 3 is 2.29 bits per heavy atom. The lowest BCUT2D eigenvalue weighted by molar-refractivity contribution is -0.174. The topological polar surface area (TPSA) is 87.0 Å². The van der Waals surface area contributed by atoms with Crippen LogP contribution in [0.1, 0.15) is 20.3 Å². The number of hydrogen-bond donors (Lipinski definition) is 4. The third-order valence-electron chi connectivity index (χ3n) is 1.00. The van der Waals surface area contributed by atoms with Gasteiger partial charge in [-0.2, -0.15) is 12.6 Å². The number of carbonyl (C=O) groups is 1. The van der Waals surface area contributed by atoms with Gasteiger partial charge in [0.15, 0.2) is 0 Å². The number of ether oxygens (including phenoxy) is 1. The molecule has 7 heteroatoms. The normalized spacial score (nSPS) is 16.1. The number of aliphatic hydroxyl groups is 3. The third kappa shape index (κ3) is 7.45. The second-order valence-corrected chi connectivity index (χ2v) is 5.06. The van der Waals surface area contributed by atoms with Gasteiger partial charge in [0.05, 0.1) is 6.42 Å². The Hall–Kier alpha value is 0.0500. The van der Waals surface area contributed by atoms with E-state index >= 15 is 0 Å². The van der Waals surface area contributed by atoms with Crippen molar-refractivity contribution in [1.82, 2.24) is 0 Å². The molecule has 14 heavy (non-hydrogen) atoms. The van der Waals surface area contributed by atoms with Crippen LogP contribution in [0.15, 0.2) is 0 Å². The van der Waals surface area contributed by atoms with E-state index in [1.807, 2.05) is 0 Å². The second kappa shape index (κ2) is 5.22. The molecule has 0 aromatic carbocycles. The van der Waals surface area contributed by atoms with Crippen LogP contribution in [0.2, 0.25) is 0 Å². The zero-order valence-corrected chi connectivity index (χ0v) is 9.64. The van der Waals surface area contributed by atoms with E-state index < -0.39 is 16.2 Å². The predicted molar refractivity (Wildman–Crippen MR) is 55.6 cm³/mol. The third-order valence-corrected chi connectivity index (χ3v) is 2.07. The summed E-state index contributed by atoms with van der Waals surface area (Å²) in [5.74, 6) is -0.350. The molecule has 0 saturated heterocycles. The van der Waals surface area contributed by atoms with E-state index in [1.54, 1.807) is 0 Å². The van der Waals surface area contributed by atoms with Crippen LogP contribution in [-0.4, -0.2) is 37.3 Å². The number of carbonyl (C=O) groups excluding carboxylic acids is 1. The molecule has 0 aromatic rings. The molecule has 0 aliphatic rings. The fourth-order valence-electron chi connectivity index (χ4n) is 0.733. The highest BCUT2D eigenvalue weighted by Crippen LogP contribution is 2.32. The molecule has 1 unspecified atom stereocenters. The van der Waals surface area contributed by atoms with Crippen molar-refractivity contribution in [2.24, 2.45) is 0 Å². The van der Waals surface area contributed by atoms with E-state index in [0.29, 0.717) is 17.5 Å². The Morgan fingerprint density at radius 2 is 1.93 bits per heavy atom. The van der Waals surface area contributed by atoms with Crippen LogP contribution in [0.3, 0.4) is 0 Å². The van der Waals surface area contributed by atoms with Gasteiger partial charge in [0, 0.05) is 19.6 Å². The summed E-state index contributed by atoms with van der Waals surface area (Å²) in [4.78, 5) is 10.9. The van der Waals surface area contributed by atoms with Crippen molar-refractivity contribution < 1.29 is 24.9 Å². The van der Waals surface area contributed by atoms with Gasteiger partial charge in [0.25, 0.3) is 5.12 Å². The minimum Gasteiger partial charge on any atom is -0.423 e. The molecule has 0 aliphatic carbocycles. The molecule has 5 nitrogen and oxygen atoms in total. The molecule has 0 amide bonds. The molecular weight excluding hydrogens is 228 g/mol. The van der Waals surface area contributed by atoms with Gasteiger partial charge in [-0.25, -0.2) is 0 Å². The first kappa shape index (κ1) is 14.1. The quantitative estimate of drug-likeness (QED) is 0.306. The van der Waals surface area contributed by atoms with E-state index in [1.165, 1.54) is 0 Å². The first-order valence-electron chi connectivity index (χ1n) is 3.86. The van der Waals surface area contributed by atoms with E-state index in [-0.39, 0.29) is 6.42 Å². The highest BCUT2D eigenvalue weighted by atomic mass is 32.2. The van der Waals surface area contributed by atoms with Crippen LogP contribution in [0.4, 0.5) is 0 Å². The highest BCUT2D eigenvalue weighted by Gasteiger charge is 2.34. The Balaban J connectivity index is 4.13. The van der Waals surface area contributed by atoms with Crippen molar-refractivity contribution >= 4 is 30.4 Å². The summed E-state index contributed by atoms with van der Waals surface area (Å²) in [6.07, 6.45) is 0.0490. The van der Waals surface area contributed by atoms with Crippen molar-refractivity contribution in [3.8, 4) is 0 Å². The average molecular weight is 242 g/mol. The van der Waals surface area contributed by atoms with Crippen molar-refractivity contribution in [1.29, 1.82) is 0 Å². The lowest BCUT2D eigenvalue weighted by atomic mass is 10.5. The molecule has 0 heterocycles. The maximum atomic E-state index is 10.9. The van der Waals surface area contributed by atoms with Crippen LogP contribution in [0.5, 0.6) is 0 Å². The summed E-state index contributed by atoms with van der Waals surface area (Å²) >= 11 is 4.12. The van der Waals surface area contributed by atoms with Gasteiger partial charge in [-0.3, -0.25) is 4.79 Å². The summed E-state index contributed by atoms with van der Waals surface area (Å²) < 4.78 is 4.56. The average Bonchev–Trinajstić information content (AvgIpc) is 1.78. The number of thiol groups is 1. The van der Waals surface area contributed by atoms with Gasteiger partial charge >= 0.3 is 5.97 Å². The van der Waals surface area contributed by atoms with E-state index in [0.717, 1.165) is 13.8 Å². The molecule has 0 spiro atoms. The zero-order chi connectivity index (χ0) is 11.4. The molecule has 1 atom stereocenters. The monoisotopic (exact) mass is 242 g/mol. The fraction of sp³-hybridized carbons (Fsp3) is 0.857. The Kier molecular flexibility index (Phi) is 5.24. The summed E-state index contributed by atoms with van der Waals surface area (Å²) in [5, 5.41) is 23.2. The smallest absolute Gasteiger partial charge is 0.309 e. The first-order chi connectivity index (χ1) is 6.16. The number of hydrogen-bond acceptors (Lipinski definition) is 7. The molecule has 0 aliphatic heterocycles. The van der Waals surface area contributed by atoms with Crippen LogP contribution in [-0.2, 0) is 9.53 Å². The van der Waals surface area contributed by atoms with E-state index in [4.69, 9.17) is 10.2 Å². The van der Waals surface area contributed by atoms with Gasteiger partial charge in [0.2, 0.25) is 5.12 Å². The van der Waals surface area contributed by atoms with Crippen LogP contribution in [0.25, 0.3) is 0 Å². The van der Waals surface area contributed by atoms with Crippen LogP contribution < -0.4 is 0 Å². The van der Waals surface area contributed by atoms with Crippen molar-refractivity contribution in [2.75, 3.05) is 5.75 Å². The van der Waals surface area contributed by atoms with Gasteiger partial charge < -0.3 is 20.1 Å². The number of esters is 1. The Morgan fingerprint density at radius 1 is 1.43 bits per heavy atom. The lowest BCUT2D eigenvalue weighted by Crippen LogP contribution is -2.34. The molecule has 84 valence electrons. The summed E-state index contributed by atoms with van der Waals surface area (Å²) in [6.45, 7) is 2.21. The molecule has 0 bridgehead atoms. The lowest BCUT2D eigenvalue weighted by Gasteiger charge is -2.27. The largest absolute Gasteiger partial charge is 0.423 e. The summed E-state index contributed by atoms with van der Waals surface area (Å²) in [5.41, 5.74) is 0. The van der Waals surface area contributed by atoms with Gasteiger partial charge in [-0.1, -0.05) is 0 Å². The van der Waals surface area contributed by atoms with Crippen LogP contribution in [0, 0.1) is 0 Å². The molecular formula is C7H14O5S2. The predicted octanol–water partition coefficient (Wildman–Crippen LogP) is -0.0930. The Labute approximate surface area is 91.9 Å².